The lowest BCUT2D eigenvalue weighted by atomic mass is 10.0. The molecule has 0 saturated heterocycles. The summed E-state index contributed by atoms with van der Waals surface area (Å²) in [5.74, 6) is 1.34. The summed E-state index contributed by atoms with van der Waals surface area (Å²) in [4.78, 5) is 23.9. The number of methoxy groups -OCH3 is 1. The third kappa shape index (κ3) is 8.78. The minimum Gasteiger partial charge on any atom is -0.493 e. The zero-order valence-electron chi connectivity index (χ0n) is 22.3. The molecule has 5 nitrogen and oxygen atoms in total. The van der Waals surface area contributed by atoms with E-state index < -0.39 is 5.97 Å². The third-order valence-corrected chi connectivity index (χ3v) is 6.34. The smallest absolute Gasteiger partial charge is 0.343 e. The van der Waals surface area contributed by atoms with Crippen molar-refractivity contribution in [3.05, 3.63) is 77.9 Å². The zero-order chi connectivity index (χ0) is 26.5. The Hall–Kier alpha value is -3.60. The van der Waals surface area contributed by atoms with Crippen LogP contribution < -0.4 is 14.2 Å². The fourth-order valence-electron chi connectivity index (χ4n) is 4.11. The molecule has 0 aliphatic heterocycles. The molecular formula is C32H38O5. The minimum atomic E-state index is -0.454. The maximum atomic E-state index is 12.5. The summed E-state index contributed by atoms with van der Waals surface area (Å²) in [6, 6.07) is 19.6. The van der Waals surface area contributed by atoms with E-state index in [1.165, 1.54) is 51.9 Å². The van der Waals surface area contributed by atoms with Crippen molar-refractivity contribution in [1.29, 1.82) is 0 Å². The molecule has 3 rings (SSSR count). The Morgan fingerprint density at radius 2 is 1.27 bits per heavy atom. The second-order valence-electron chi connectivity index (χ2n) is 9.24. The highest BCUT2D eigenvalue weighted by Crippen LogP contribution is 2.33. The Balaban J connectivity index is 1.52. The molecule has 0 amide bonds. The van der Waals surface area contributed by atoms with Gasteiger partial charge in [-0.2, -0.15) is 0 Å². The van der Waals surface area contributed by atoms with Crippen molar-refractivity contribution < 1.29 is 23.8 Å². The van der Waals surface area contributed by atoms with Gasteiger partial charge in [0.25, 0.3) is 0 Å². The zero-order valence-corrected chi connectivity index (χ0v) is 22.3. The minimum absolute atomic E-state index is 0.0341. The summed E-state index contributed by atoms with van der Waals surface area (Å²) >= 11 is 0. The molecule has 5 heteroatoms. The van der Waals surface area contributed by atoms with Crippen LogP contribution >= 0.6 is 0 Å². The highest BCUT2D eigenvalue weighted by Gasteiger charge is 2.11. The van der Waals surface area contributed by atoms with Crippen molar-refractivity contribution in [3.8, 4) is 28.4 Å². The van der Waals surface area contributed by atoms with E-state index in [2.05, 4.69) is 6.92 Å². The van der Waals surface area contributed by atoms with Crippen LogP contribution in [0.5, 0.6) is 17.2 Å². The monoisotopic (exact) mass is 502 g/mol. The Morgan fingerprint density at radius 3 is 1.89 bits per heavy atom. The van der Waals surface area contributed by atoms with Crippen LogP contribution in [0.4, 0.5) is 0 Å². The lowest BCUT2D eigenvalue weighted by molar-refractivity contribution is 0.0734. The Morgan fingerprint density at radius 1 is 0.676 bits per heavy atom. The standard InChI is InChI=1S/C32H38O5/c1-4-5-6-7-8-9-10-11-22-36-30-21-18-28(23-31(30)35-3)26-12-14-27(15-13-26)32(34)37-29-19-16-25(17-20-29)24(2)33/h12-21,23H,4-11,22H2,1-3H3. The van der Waals surface area contributed by atoms with Crippen molar-refractivity contribution in [2.75, 3.05) is 13.7 Å². The van der Waals surface area contributed by atoms with Gasteiger partial charge in [-0.3, -0.25) is 4.79 Å². The van der Waals surface area contributed by atoms with E-state index in [0.29, 0.717) is 29.2 Å². The van der Waals surface area contributed by atoms with E-state index in [-0.39, 0.29) is 5.78 Å². The maximum Gasteiger partial charge on any atom is 0.343 e. The van der Waals surface area contributed by atoms with Crippen LogP contribution in [-0.4, -0.2) is 25.5 Å². The number of hydrogen-bond donors (Lipinski definition) is 0. The number of ether oxygens (including phenoxy) is 3. The molecule has 0 unspecified atom stereocenters. The largest absolute Gasteiger partial charge is 0.493 e. The molecule has 3 aromatic carbocycles. The highest BCUT2D eigenvalue weighted by atomic mass is 16.5. The molecule has 0 heterocycles. The topological polar surface area (TPSA) is 61.8 Å². The number of unbranched alkanes of at least 4 members (excludes halogenated alkanes) is 7. The molecule has 0 spiro atoms. The van der Waals surface area contributed by atoms with Crippen LogP contribution in [0.3, 0.4) is 0 Å². The third-order valence-electron chi connectivity index (χ3n) is 6.34. The van der Waals surface area contributed by atoms with E-state index in [1.54, 1.807) is 43.5 Å². The molecule has 0 atom stereocenters. The van der Waals surface area contributed by atoms with E-state index in [4.69, 9.17) is 14.2 Å². The molecule has 0 fully saturated rings. The lowest BCUT2D eigenvalue weighted by Crippen LogP contribution is -2.08. The van der Waals surface area contributed by atoms with Gasteiger partial charge in [0.2, 0.25) is 0 Å². The van der Waals surface area contributed by atoms with Crippen molar-refractivity contribution in [2.45, 2.75) is 65.2 Å². The molecule has 0 saturated carbocycles. The van der Waals surface area contributed by atoms with Gasteiger partial charge in [0.05, 0.1) is 19.3 Å². The maximum absolute atomic E-state index is 12.5. The summed E-state index contributed by atoms with van der Waals surface area (Å²) < 4.78 is 17.0. The average molecular weight is 503 g/mol. The number of hydrogen-bond acceptors (Lipinski definition) is 5. The first-order chi connectivity index (χ1) is 18.0. The van der Waals surface area contributed by atoms with Crippen molar-refractivity contribution >= 4 is 11.8 Å². The molecule has 0 aliphatic carbocycles. The molecule has 0 radical (unpaired) electrons. The lowest BCUT2D eigenvalue weighted by Gasteiger charge is -2.13. The van der Waals surface area contributed by atoms with Gasteiger partial charge in [-0.05, 0) is 73.0 Å². The van der Waals surface area contributed by atoms with Crippen LogP contribution in [0.1, 0.15) is 85.9 Å². The first kappa shape index (κ1) is 28.0. The molecule has 0 aromatic heterocycles. The second-order valence-corrected chi connectivity index (χ2v) is 9.24. The predicted octanol–water partition coefficient (Wildman–Crippen LogP) is 8.30. The van der Waals surface area contributed by atoms with Crippen LogP contribution in [0, 0.1) is 0 Å². The summed E-state index contributed by atoms with van der Waals surface area (Å²) in [6.45, 7) is 4.42. The first-order valence-electron chi connectivity index (χ1n) is 13.3. The summed E-state index contributed by atoms with van der Waals surface area (Å²) in [7, 11) is 1.64. The van der Waals surface area contributed by atoms with Crippen LogP contribution in [-0.2, 0) is 0 Å². The van der Waals surface area contributed by atoms with Gasteiger partial charge in [-0.1, -0.05) is 70.1 Å². The normalized spacial score (nSPS) is 10.7. The van der Waals surface area contributed by atoms with Gasteiger partial charge >= 0.3 is 5.97 Å². The van der Waals surface area contributed by atoms with Gasteiger partial charge in [0.15, 0.2) is 17.3 Å². The van der Waals surface area contributed by atoms with Gasteiger partial charge in [-0.15, -0.1) is 0 Å². The molecule has 0 bridgehead atoms. The Labute approximate surface area is 220 Å². The molecular weight excluding hydrogens is 464 g/mol. The first-order valence-corrected chi connectivity index (χ1v) is 13.3. The highest BCUT2D eigenvalue weighted by molar-refractivity contribution is 5.94. The average Bonchev–Trinajstić information content (AvgIpc) is 2.92. The van der Waals surface area contributed by atoms with Crippen LogP contribution in [0.15, 0.2) is 66.7 Å². The van der Waals surface area contributed by atoms with Gasteiger partial charge < -0.3 is 14.2 Å². The van der Waals surface area contributed by atoms with Gasteiger partial charge in [-0.25, -0.2) is 4.79 Å². The number of rotatable bonds is 15. The molecule has 37 heavy (non-hydrogen) atoms. The quantitative estimate of drug-likeness (QED) is 0.0905. The fourth-order valence-corrected chi connectivity index (χ4v) is 4.11. The van der Waals surface area contributed by atoms with Crippen molar-refractivity contribution in [1.82, 2.24) is 0 Å². The van der Waals surface area contributed by atoms with Crippen molar-refractivity contribution in [3.63, 3.8) is 0 Å². The summed E-state index contributed by atoms with van der Waals surface area (Å²) in [5.41, 5.74) is 2.94. The van der Waals surface area contributed by atoms with Crippen molar-refractivity contribution in [2.24, 2.45) is 0 Å². The van der Waals surface area contributed by atoms with Gasteiger partial charge in [0, 0.05) is 5.56 Å². The van der Waals surface area contributed by atoms with Crippen LogP contribution in [0.2, 0.25) is 0 Å². The number of benzene rings is 3. The van der Waals surface area contributed by atoms with E-state index in [9.17, 15) is 9.59 Å². The molecule has 3 aromatic rings. The van der Waals surface area contributed by atoms with Crippen LogP contribution in [0.25, 0.3) is 11.1 Å². The number of carbonyl (C=O) groups excluding carboxylic acids is 2. The second kappa shape index (κ2) is 14.8. The SMILES string of the molecule is CCCCCCCCCCOc1ccc(-c2ccc(C(=O)Oc3ccc(C(C)=O)cc3)cc2)cc1OC. The fraction of sp³-hybridized carbons (Fsp3) is 0.375. The van der Waals surface area contributed by atoms with E-state index in [0.717, 1.165) is 23.3 Å². The number of carbonyl (C=O) groups is 2. The predicted molar refractivity (Wildman–Crippen MR) is 148 cm³/mol. The molecule has 196 valence electrons. The molecule has 0 N–H and O–H groups in total. The Bertz CT molecular complexity index is 1130. The van der Waals surface area contributed by atoms with Gasteiger partial charge in [0.1, 0.15) is 5.75 Å². The number of Topliss-reactive ketones (excluding diaryl/α,β-unsaturated/α-hetero) is 1. The van der Waals surface area contributed by atoms with E-state index >= 15 is 0 Å². The summed E-state index contributed by atoms with van der Waals surface area (Å²) in [6.07, 6.45) is 10.1. The summed E-state index contributed by atoms with van der Waals surface area (Å²) in [5, 5.41) is 0. The van der Waals surface area contributed by atoms with E-state index in [1.807, 2.05) is 30.3 Å². The number of esters is 1. The number of ketones is 1. The Kier molecular flexibility index (Phi) is 11.2. The molecule has 0 aliphatic rings.